The number of ether oxygens (including phenoxy) is 1. The minimum absolute atomic E-state index is 0.0499. The Labute approximate surface area is 156 Å². The zero-order valence-electron chi connectivity index (χ0n) is 16.4. The van der Waals surface area contributed by atoms with Gasteiger partial charge in [0.05, 0.1) is 0 Å². The summed E-state index contributed by atoms with van der Waals surface area (Å²) < 4.78 is 5.51. The smallest absolute Gasteiger partial charge is 0.302 e. The molecule has 0 saturated heterocycles. The number of carbonyl (C=O) groups is 2. The van der Waals surface area contributed by atoms with Crippen LogP contribution in [0.25, 0.3) is 0 Å². The molecule has 140 valence electrons. The summed E-state index contributed by atoms with van der Waals surface area (Å²) in [6, 6.07) is 0. The van der Waals surface area contributed by atoms with Crippen LogP contribution in [0, 0.1) is 22.7 Å². The highest BCUT2D eigenvalue weighted by atomic mass is 16.5. The topological polar surface area (TPSA) is 43.4 Å². The third-order valence-corrected chi connectivity index (χ3v) is 7.82. The standard InChI is InChI=1S/C23H30O3/c1-14(24)19-7-8-20-18-6-5-16-13-17(26-15(2)25)9-11-22(16,3)21(18)10-12-23(19,20)4/h5,7-8,17-18,21H,6,9-13H2,1-4H3/t17-,18-,21-,22-,23+/m0/s1. The number of rotatable bonds is 2. The molecule has 0 aromatic carbocycles. The van der Waals surface area contributed by atoms with E-state index in [1.54, 1.807) is 6.92 Å². The van der Waals surface area contributed by atoms with Crippen LogP contribution < -0.4 is 0 Å². The molecule has 3 nitrogen and oxygen atoms in total. The Hall–Kier alpha value is -1.64. The van der Waals surface area contributed by atoms with Crippen LogP contribution >= 0.6 is 0 Å². The lowest BCUT2D eigenvalue weighted by Gasteiger charge is -2.56. The molecule has 0 radical (unpaired) electrons. The van der Waals surface area contributed by atoms with Gasteiger partial charge in [-0.25, -0.2) is 0 Å². The lowest BCUT2D eigenvalue weighted by Crippen LogP contribution is -2.47. The Balaban J connectivity index is 1.61. The fourth-order valence-corrected chi connectivity index (χ4v) is 6.48. The number of Topliss-reactive ketones (excluding diaryl/α,β-unsaturated/α-hetero) is 1. The zero-order valence-corrected chi connectivity index (χ0v) is 16.4. The van der Waals surface area contributed by atoms with E-state index >= 15 is 0 Å². The molecule has 0 spiro atoms. The molecule has 0 amide bonds. The van der Waals surface area contributed by atoms with E-state index in [0.29, 0.717) is 11.8 Å². The molecule has 0 aromatic heterocycles. The van der Waals surface area contributed by atoms with Gasteiger partial charge >= 0.3 is 5.97 Å². The minimum atomic E-state index is -0.166. The summed E-state index contributed by atoms with van der Waals surface area (Å²) >= 11 is 0. The van der Waals surface area contributed by atoms with Crippen molar-refractivity contribution in [3.05, 3.63) is 34.9 Å². The summed E-state index contributed by atoms with van der Waals surface area (Å²) in [6.07, 6.45) is 13.1. The molecule has 26 heavy (non-hydrogen) atoms. The fraction of sp³-hybridized carbons (Fsp3) is 0.652. The second kappa shape index (κ2) is 5.94. The Bertz CT molecular complexity index is 755. The molecule has 4 aliphatic carbocycles. The van der Waals surface area contributed by atoms with Gasteiger partial charge in [-0.3, -0.25) is 9.59 Å². The van der Waals surface area contributed by atoms with Crippen LogP contribution in [0.3, 0.4) is 0 Å². The van der Waals surface area contributed by atoms with Gasteiger partial charge in [-0.2, -0.15) is 0 Å². The van der Waals surface area contributed by atoms with E-state index in [0.717, 1.165) is 37.7 Å². The highest BCUT2D eigenvalue weighted by Gasteiger charge is 2.54. The highest BCUT2D eigenvalue weighted by Crippen LogP contribution is 2.63. The summed E-state index contributed by atoms with van der Waals surface area (Å²) in [5, 5.41) is 0. The number of allylic oxidation sites excluding steroid dienone is 5. The summed E-state index contributed by atoms with van der Waals surface area (Å²) in [5.74, 6) is 1.23. The van der Waals surface area contributed by atoms with E-state index in [1.807, 2.05) is 0 Å². The van der Waals surface area contributed by atoms with Gasteiger partial charge in [-0.1, -0.05) is 43.2 Å². The van der Waals surface area contributed by atoms with E-state index in [-0.39, 0.29) is 28.7 Å². The normalized spacial score (nSPS) is 41.1. The molecular weight excluding hydrogens is 324 g/mol. The number of hydrogen-bond donors (Lipinski definition) is 0. The molecule has 3 heteroatoms. The van der Waals surface area contributed by atoms with Crippen molar-refractivity contribution in [3.63, 3.8) is 0 Å². The van der Waals surface area contributed by atoms with Gasteiger partial charge in [0.25, 0.3) is 0 Å². The largest absolute Gasteiger partial charge is 0.462 e. The molecular formula is C23H30O3. The summed E-state index contributed by atoms with van der Waals surface area (Å²) in [4.78, 5) is 23.5. The maximum atomic E-state index is 12.1. The predicted octanol–water partition coefficient (Wildman–Crippen LogP) is 4.93. The SMILES string of the molecule is CC(=O)O[C@H]1CC[C@@]2(C)C(=CC[C@H]3C4=CC=C(C(C)=O)[C@@]4(C)CC[C@@H]32)C1. The third-order valence-electron chi connectivity index (χ3n) is 7.82. The first-order valence-corrected chi connectivity index (χ1v) is 10.1. The molecule has 0 N–H and O–H groups in total. The molecule has 5 atom stereocenters. The molecule has 2 saturated carbocycles. The molecule has 0 heterocycles. The number of fused-ring (bicyclic) bond motifs is 5. The van der Waals surface area contributed by atoms with E-state index in [1.165, 1.54) is 24.5 Å². The van der Waals surface area contributed by atoms with E-state index in [9.17, 15) is 9.59 Å². The predicted molar refractivity (Wildman–Crippen MR) is 101 cm³/mol. The highest BCUT2D eigenvalue weighted by molar-refractivity contribution is 5.96. The van der Waals surface area contributed by atoms with Crippen LogP contribution in [0.5, 0.6) is 0 Å². The number of carbonyl (C=O) groups excluding carboxylic acids is 2. The van der Waals surface area contributed by atoms with Crippen molar-refractivity contribution in [2.45, 2.75) is 72.3 Å². The van der Waals surface area contributed by atoms with Crippen LogP contribution in [0.4, 0.5) is 0 Å². The quantitative estimate of drug-likeness (QED) is 0.522. The van der Waals surface area contributed by atoms with Gasteiger partial charge in [-0.15, -0.1) is 0 Å². The lowest BCUT2D eigenvalue weighted by atomic mass is 9.49. The van der Waals surface area contributed by atoms with Crippen LogP contribution in [-0.4, -0.2) is 17.9 Å². The molecule has 4 rings (SSSR count). The van der Waals surface area contributed by atoms with Crippen LogP contribution in [-0.2, 0) is 14.3 Å². The van der Waals surface area contributed by atoms with Gasteiger partial charge in [0.15, 0.2) is 5.78 Å². The maximum Gasteiger partial charge on any atom is 0.302 e. The van der Waals surface area contributed by atoms with Gasteiger partial charge in [0, 0.05) is 24.3 Å². The maximum absolute atomic E-state index is 12.1. The molecule has 0 unspecified atom stereocenters. The van der Waals surface area contributed by atoms with Crippen molar-refractivity contribution in [1.82, 2.24) is 0 Å². The Kier molecular flexibility index (Phi) is 4.05. The minimum Gasteiger partial charge on any atom is -0.462 e. The van der Waals surface area contributed by atoms with E-state index in [4.69, 9.17) is 4.74 Å². The summed E-state index contributed by atoms with van der Waals surface area (Å²) in [7, 11) is 0. The van der Waals surface area contributed by atoms with Gasteiger partial charge in [0.2, 0.25) is 0 Å². The van der Waals surface area contributed by atoms with Gasteiger partial charge in [-0.05, 0) is 56.3 Å². The molecule has 0 aliphatic heterocycles. The zero-order chi connectivity index (χ0) is 18.7. The van der Waals surface area contributed by atoms with Crippen molar-refractivity contribution >= 4 is 11.8 Å². The van der Waals surface area contributed by atoms with Crippen molar-refractivity contribution in [2.24, 2.45) is 22.7 Å². The van der Waals surface area contributed by atoms with Crippen molar-refractivity contribution in [2.75, 3.05) is 0 Å². The fourth-order valence-electron chi connectivity index (χ4n) is 6.48. The van der Waals surface area contributed by atoms with Crippen molar-refractivity contribution in [3.8, 4) is 0 Å². The Morgan fingerprint density at radius 3 is 2.58 bits per heavy atom. The first-order chi connectivity index (χ1) is 12.3. The van der Waals surface area contributed by atoms with Crippen molar-refractivity contribution < 1.29 is 14.3 Å². The first-order valence-electron chi connectivity index (χ1n) is 10.1. The van der Waals surface area contributed by atoms with Crippen LogP contribution in [0.15, 0.2) is 34.9 Å². The second-order valence-corrected chi connectivity index (χ2v) is 9.20. The summed E-state index contributed by atoms with van der Waals surface area (Å²) in [5.41, 5.74) is 4.14. The molecule has 4 aliphatic rings. The average molecular weight is 354 g/mol. The number of hydrogen-bond acceptors (Lipinski definition) is 3. The first kappa shape index (κ1) is 17.8. The third kappa shape index (κ3) is 2.46. The average Bonchev–Trinajstić information content (AvgIpc) is 2.92. The monoisotopic (exact) mass is 354 g/mol. The summed E-state index contributed by atoms with van der Waals surface area (Å²) in [6.45, 7) is 7.91. The number of esters is 1. The van der Waals surface area contributed by atoms with E-state index < -0.39 is 0 Å². The Morgan fingerprint density at radius 1 is 1.12 bits per heavy atom. The van der Waals surface area contributed by atoms with Gasteiger partial charge in [0.1, 0.15) is 6.10 Å². The second-order valence-electron chi connectivity index (χ2n) is 9.20. The Morgan fingerprint density at radius 2 is 1.88 bits per heavy atom. The molecule has 0 bridgehead atoms. The van der Waals surface area contributed by atoms with E-state index in [2.05, 4.69) is 32.1 Å². The number of ketones is 1. The molecule has 2 fully saturated rings. The molecule has 0 aromatic rings. The van der Waals surface area contributed by atoms with Gasteiger partial charge < -0.3 is 4.74 Å². The van der Waals surface area contributed by atoms with Crippen LogP contribution in [0.1, 0.15) is 66.2 Å². The van der Waals surface area contributed by atoms with Crippen molar-refractivity contribution in [1.29, 1.82) is 0 Å². The van der Waals surface area contributed by atoms with Crippen LogP contribution in [0.2, 0.25) is 0 Å². The lowest BCUT2D eigenvalue weighted by molar-refractivity contribution is -0.148.